The average Bonchev–Trinajstić information content (AvgIpc) is 3.05. The van der Waals surface area contributed by atoms with Crippen LogP contribution in [0.25, 0.3) is 0 Å². The number of allylic oxidation sites excluding steroid dienone is 1. The first-order chi connectivity index (χ1) is 17.5. The highest BCUT2D eigenvalue weighted by molar-refractivity contribution is 6.01. The summed E-state index contributed by atoms with van der Waals surface area (Å²) in [5.74, 6) is 1.48. The Hall–Kier alpha value is -4.26. The fraction of sp³-hybridized carbons (Fsp3) is 0.241. The largest absolute Gasteiger partial charge is 0.493 e. The van der Waals surface area contributed by atoms with E-state index in [1.54, 1.807) is 26.4 Å². The second-order valence-electron chi connectivity index (χ2n) is 8.95. The van der Waals surface area contributed by atoms with E-state index in [4.69, 9.17) is 14.2 Å². The SMILES string of the molecule is COc1ccc([C@H]2CC(=O)C3=C(C2)Nc2ccccc2N[C@@H]3c2ccc(OC(C)=O)cc2)cc1OC. The number of fused-ring (bicyclic) bond motifs is 1. The van der Waals surface area contributed by atoms with Gasteiger partial charge in [-0.2, -0.15) is 0 Å². The third-order valence-electron chi connectivity index (χ3n) is 6.66. The quantitative estimate of drug-likeness (QED) is 0.360. The first kappa shape index (κ1) is 23.5. The van der Waals surface area contributed by atoms with Crippen molar-refractivity contribution in [2.75, 3.05) is 24.9 Å². The van der Waals surface area contributed by atoms with Crippen LogP contribution in [0.3, 0.4) is 0 Å². The van der Waals surface area contributed by atoms with Crippen molar-refractivity contribution in [3.05, 3.63) is 89.1 Å². The molecule has 0 unspecified atom stereocenters. The van der Waals surface area contributed by atoms with E-state index in [1.165, 1.54) is 6.92 Å². The fourth-order valence-electron chi connectivity index (χ4n) is 4.98. The minimum atomic E-state index is -0.373. The standard InChI is InChI=1S/C29H28N2O5/c1-17(32)36-21-11-8-18(9-12-21)29-28-24(30-22-6-4-5-7-23(22)31-29)14-20(15-25(28)33)19-10-13-26(34-2)27(16-19)35-3/h4-13,16,20,29-31H,14-15H2,1-3H3/t20-,29-/m1/s1. The number of hydrogen-bond donors (Lipinski definition) is 2. The fourth-order valence-corrected chi connectivity index (χ4v) is 4.98. The van der Waals surface area contributed by atoms with Gasteiger partial charge in [0.25, 0.3) is 0 Å². The summed E-state index contributed by atoms with van der Waals surface area (Å²) in [4.78, 5) is 25.1. The maximum absolute atomic E-state index is 13.7. The normalized spacial score (nSPS) is 18.7. The number of Topliss-reactive ketones (excluding diaryl/α,β-unsaturated/α-hetero) is 1. The summed E-state index contributed by atoms with van der Waals surface area (Å²) in [6.07, 6.45) is 1.06. The second kappa shape index (κ2) is 9.77. The van der Waals surface area contributed by atoms with Crippen molar-refractivity contribution >= 4 is 23.1 Å². The summed E-state index contributed by atoms with van der Waals surface area (Å²) in [6, 6.07) is 20.7. The molecule has 0 bridgehead atoms. The van der Waals surface area contributed by atoms with Crippen molar-refractivity contribution in [1.29, 1.82) is 0 Å². The molecule has 0 saturated heterocycles. The number of anilines is 2. The van der Waals surface area contributed by atoms with Gasteiger partial charge in [-0.05, 0) is 59.9 Å². The number of hydrogen-bond acceptors (Lipinski definition) is 7. The van der Waals surface area contributed by atoms with Gasteiger partial charge < -0.3 is 24.8 Å². The zero-order valence-corrected chi connectivity index (χ0v) is 20.5. The lowest BCUT2D eigenvalue weighted by Gasteiger charge is -2.30. The van der Waals surface area contributed by atoms with E-state index >= 15 is 0 Å². The molecular weight excluding hydrogens is 456 g/mol. The molecule has 3 aromatic carbocycles. The van der Waals surface area contributed by atoms with Gasteiger partial charge in [0.1, 0.15) is 5.75 Å². The Morgan fingerprint density at radius 2 is 1.56 bits per heavy atom. The maximum Gasteiger partial charge on any atom is 0.308 e. The third kappa shape index (κ3) is 4.52. The molecule has 0 amide bonds. The van der Waals surface area contributed by atoms with E-state index in [0.29, 0.717) is 30.1 Å². The molecule has 0 fully saturated rings. The van der Waals surface area contributed by atoms with Crippen molar-refractivity contribution in [2.24, 2.45) is 0 Å². The Bertz CT molecular complexity index is 1350. The highest BCUT2D eigenvalue weighted by Crippen LogP contribution is 2.45. The van der Waals surface area contributed by atoms with Gasteiger partial charge in [0.05, 0.1) is 31.6 Å². The molecule has 3 aromatic rings. The molecule has 7 nitrogen and oxygen atoms in total. The van der Waals surface area contributed by atoms with Crippen LogP contribution in [0.2, 0.25) is 0 Å². The minimum absolute atomic E-state index is 0.000751. The van der Waals surface area contributed by atoms with E-state index in [1.807, 2.05) is 54.6 Å². The van der Waals surface area contributed by atoms with E-state index in [0.717, 1.165) is 33.8 Å². The molecule has 0 saturated carbocycles. The number of nitrogens with one attached hydrogen (secondary N) is 2. The Morgan fingerprint density at radius 1 is 0.861 bits per heavy atom. The van der Waals surface area contributed by atoms with Crippen LogP contribution in [0.15, 0.2) is 78.0 Å². The van der Waals surface area contributed by atoms with E-state index < -0.39 is 0 Å². The molecule has 2 aliphatic rings. The zero-order valence-electron chi connectivity index (χ0n) is 20.5. The van der Waals surface area contributed by atoms with Gasteiger partial charge in [-0.3, -0.25) is 9.59 Å². The summed E-state index contributed by atoms with van der Waals surface area (Å²) in [5, 5.41) is 7.12. The zero-order chi connectivity index (χ0) is 25.2. The van der Waals surface area contributed by atoms with Gasteiger partial charge in [0.15, 0.2) is 17.3 Å². The number of para-hydroxylation sites is 2. The van der Waals surface area contributed by atoms with Gasteiger partial charge in [-0.15, -0.1) is 0 Å². The van der Waals surface area contributed by atoms with Gasteiger partial charge >= 0.3 is 5.97 Å². The summed E-state index contributed by atoms with van der Waals surface area (Å²) < 4.78 is 16.1. The molecule has 36 heavy (non-hydrogen) atoms. The van der Waals surface area contributed by atoms with Crippen LogP contribution in [0.5, 0.6) is 17.2 Å². The van der Waals surface area contributed by atoms with Gasteiger partial charge in [-0.25, -0.2) is 0 Å². The van der Waals surface area contributed by atoms with Gasteiger partial charge in [-0.1, -0.05) is 30.3 Å². The Balaban J connectivity index is 1.54. The van der Waals surface area contributed by atoms with Crippen LogP contribution in [0.4, 0.5) is 11.4 Å². The van der Waals surface area contributed by atoms with Crippen molar-refractivity contribution in [2.45, 2.75) is 31.7 Å². The van der Waals surface area contributed by atoms with E-state index in [2.05, 4.69) is 10.6 Å². The molecule has 7 heteroatoms. The molecule has 2 N–H and O–H groups in total. The molecule has 184 valence electrons. The topological polar surface area (TPSA) is 85.9 Å². The first-order valence-corrected chi connectivity index (χ1v) is 11.9. The molecule has 5 rings (SSSR count). The Morgan fingerprint density at radius 3 is 2.25 bits per heavy atom. The number of esters is 1. The molecule has 0 radical (unpaired) electrons. The smallest absolute Gasteiger partial charge is 0.308 e. The highest BCUT2D eigenvalue weighted by Gasteiger charge is 2.36. The predicted octanol–water partition coefficient (Wildman–Crippen LogP) is 5.61. The Kier molecular flexibility index (Phi) is 6.38. The van der Waals surface area contributed by atoms with E-state index in [-0.39, 0.29) is 23.7 Å². The van der Waals surface area contributed by atoms with Crippen molar-refractivity contribution < 1.29 is 23.8 Å². The van der Waals surface area contributed by atoms with Gasteiger partial charge in [0, 0.05) is 24.6 Å². The summed E-state index contributed by atoms with van der Waals surface area (Å²) in [6.45, 7) is 1.37. The predicted molar refractivity (Wildman–Crippen MR) is 138 cm³/mol. The summed E-state index contributed by atoms with van der Waals surface area (Å²) in [7, 11) is 3.22. The Labute approximate surface area is 210 Å². The summed E-state index contributed by atoms with van der Waals surface area (Å²) >= 11 is 0. The van der Waals surface area contributed by atoms with Gasteiger partial charge in [0.2, 0.25) is 0 Å². The number of carbonyl (C=O) groups excluding carboxylic acids is 2. The molecule has 1 aliphatic carbocycles. The first-order valence-electron chi connectivity index (χ1n) is 11.9. The van der Waals surface area contributed by atoms with Crippen molar-refractivity contribution in [1.82, 2.24) is 0 Å². The van der Waals surface area contributed by atoms with Crippen LogP contribution in [0, 0.1) is 0 Å². The van der Waals surface area contributed by atoms with Crippen molar-refractivity contribution in [3.8, 4) is 17.2 Å². The molecule has 0 aromatic heterocycles. The summed E-state index contributed by atoms with van der Waals surface area (Å²) in [5.41, 5.74) is 5.40. The van der Waals surface area contributed by atoms with Crippen molar-refractivity contribution in [3.63, 3.8) is 0 Å². The molecule has 2 atom stereocenters. The number of ketones is 1. The highest BCUT2D eigenvalue weighted by atomic mass is 16.5. The van der Waals surface area contributed by atoms with Crippen LogP contribution >= 0.6 is 0 Å². The lowest BCUT2D eigenvalue weighted by atomic mass is 9.78. The number of benzene rings is 3. The van der Waals surface area contributed by atoms with Crippen LogP contribution in [0.1, 0.15) is 42.9 Å². The second-order valence-corrected chi connectivity index (χ2v) is 8.95. The minimum Gasteiger partial charge on any atom is -0.493 e. The molecule has 1 heterocycles. The molecule has 0 spiro atoms. The maximum atomic E-state index is 13.7. The van der Waals surface area contributed by atoms with Crippen LogP contribution < -0.4 is 24.8 Å². The third-order valence-corrected chi connectivity index (χ3v) is 6.66. The molecule has 1 aliphatic heterocycles. The number of methoxy groups -OCH3 is 2. The molecular formula is C29H28N2O5. The average molecular weight is 485 g/mol. The van der Waals surface area contributed by atoms with E-state index in [9.17, 15) is 9.59 Å². The lowest BCUT2D eigenvalue weighted by Crippen LogP contribution is -2.26. The van der Waals surface area contributed by atoms with Crippen LogP contribution in [-0.4, -0.2) is 26.0 Å². The number of ether oxygens (including phenoxy) is 3. The van der Waals surface area contributed by atoms with Crippen LogP contribution in [-0.2, 0) is 9.59 Å². The lowest BCUT2D eigenvalue weighted by molar-refractivity contribution is -0.131. The number of rotatable bonds is 5. The monoisotopic (exact) mass is 484 g/mol. The number of carbonyl (C=O) groups is 2.